The summed E-state index contributed by atoms with van der Waals surface area (Å²) in [6, 6.07) is 0.167. The van der Waals surface area contributed by atoms with E-state index >= 15 is 0 Å². The fraction of sp³-hybridized carbons (Fsp3) is 0.500. The van der Waals surface area contributed by atoms with E-state index in [1.54, 1.807) is 6.33 Å². The molecular formula is C8H11N3. The van der Waals surface area contributed by atoms with Crippen molar-refractivity contribution in [2.24, 2.45) is 5.73 Å². The molecule has 2 N–H and O–H groups in total. The first kappa shape index (κ1) is 6.73. The summed E-state index contributed by atoms with van der Waals surface area (Å²) in [4.78, 5) is 8.14. The molecule has 0 amide bonds. The Bertz CT molecular complexity index is 259. The maximum absolute atomic E-state index is 5.87. The third kappa shape index (κ3) is 1.12. The van der Waals surface area contributed by atoms with Crippen molar-refractivity contribution in [2.75, 3.05) is 0 Å². The molecule has 3 nitrogen and oxygen atoms in total. The summed E-state index contributed by atoms with van der Waals surface area (Å²) in [7, 11) is 0. The van der Waals surface area contributed by atoms with Gasteiger partial charge in [-0.1, -0.05) is 0 Å². The second-order valence-corrected chi connectivity index (χ2v) is 2.92. The summed E-state index contributed by atoms with van der Waals surface area (Å²) < 4.78 is 0. The molecule has 1 aliphatic carbocycles. The summed E-state index contributed by atoms with van der Waals surface area (Å²) in [5.41, 5.74) is 8.14. The molecule has 1 aromatic heterocycles. The molecule has 0 aliphatic heterocycles. The van der Waals surface area contributed by atoms with Gasteiger partial charge in [0, 0.05) is 23.5 Å². The van der Waals surface area contributed by atoms with Crippen molar-refractivity contribution in [3.63, 3.8) is 0 Å². The minimum absolute atomic E-state index is 0.167. The van der Waals surface area contributed by atoms with E-state index in [0.29, 0.717) is 0 Å². The van der Waals surface area contributed by atoms with Crippen LogP contribution in [0, 0.1) is 0 Å². The number of hydrogen-bond acceptors (Lipinski definition) is 3. The van der Waals surface area contributed by atoms with Crippen molar-refractivity contribution in [1.82, 2.24) is 9.97 Å². The lowest BCUT2D eigenvalue weighted by Gasteiger charge is -2.19. The number of aromatic nitrogens is 2. The van der Waals surface area contributed by atoms with E-state index in [1.165, 1.54) is 0 Å². The van der Waals surface area contributed by atoms with Gasteiger partial charge < -0.3 is 5.73 Å². The maximum Gasteiger partial charge on any atom is 0.115 e. The Hall–Kier alpha value is -0.960. The molecular weight excluding hydrogens is 138 g/mol. The molecule has 1 unspecified atom stereocenters. The fourth-order valence-corrected chi connectivity index (χ4v) is 1.53. The van der Waals surface area contributed by atoms with Crippen LogP contribution in [0.4, 0.5) is 0 Å². The zero-order valence-electron chi connectivity index (χ0n) is 6.33. The van der Waals surface area contributed by atoms with Gasteiger partial charge in [-0.2, -0.15) is 0 Å². The average Bonchev–Trinajstić information content (AvgIpc) is 2.06. The van der Waals surface area contributed by atoms with Crippen molar-refractivity contribution in [3.8, 4) is 0 Å². The molecule has 2 rings (SSSR count). The lowest BCUT2D eigenvalue weighted by Crippen LogP contribution is -2.18. The molecule has 1 heterocycles. The number of nitrogens with zero attached hydrogens (tertiary/aromatic N) is 2. The molecule has 0 radical (unpaired) electrons. The van der Waals surface area contributed by atoms with Gasteiger partial charge in [0.1, 0.15) is 6.33 Å². The fourth-order valence-electron chi connectivity index (χ4n) is 1.53. The summed E-state index contributed by atoms with van der Waals surface area (Å²) in [6.45, 7) is 0. The first-order valence-electron chi connectivity index (χ1n) is 3.92. The summed E-state index contributed by atoms with van der Waals surface area (Å²) in [6.07, 6.45) is 6.72. The van der Waals surface area contributed by atoms with Crippen LogP contribution in [0.15, 0.2) is 12.5 Å². The lowest BCUT2D eigenvalue weighted by atomic mass is 9.93. The smallest absolute Gasteiger partial charge is 0.115 e. The Morgan fingerprint density at radius 3 is 3.27 bits per heavy atom. The maximum atomic E-state index is 5.87. The molecule has 1 aliphatic rings. The van der Waals surface area contributed by atoms with E-state index in [4.69, 9.17) is 5.73 Å². The number of hydrogen-bond donors (Lipinski definition) is 1. The largest absolute Gasteiger partial charge is 0.324 e. The summed E-state index contributed by atoms with van der Waals surface area (Å²) >= 11 is 0. The van der Waals surface area contributed by atoms with E-state index in [2.05, 4.69) is 9.97 Å². The standard InChI is InChI=1S/C8H11N3/c9-7-2-1-3-8-6(7)4-10-5-11-8/h4-5,7H,1-3,9H2. The van der Waals surface area contributed by atoms with Crippen LogP contribution in [0.5, 0.6) is 0 Å². The third-order valence-electron chi connectivity index (χ3n) is 2.16. The van der Waals surface area contributed by atoms with Crippen LogP contribution in [0.3, 0.4) is 0 Å². The first-order chi connectivity index (χ1) is 5.38. The first-order valence-corrected chi connectivity index (χ1v) is 3.92. The zero-order chi connectivity index (χ0) is 7.68. The van der Waals surface area contributed by atoms with Crippen LogP contribution in [0.2, 0.25) is 0 Å². The second kappa shape index (κ2) is 2.58. The number of fused-ring (bicyclic) bond motifs is 1. The van der Waals surface area contributed by atoms with E-state index in [9.17, 15) is 0 Å². The molecule has 11 heavy (non-hydrogen) atoms. The predicted molar refractivity (Wildman–Crippen MR) is 41.9 cm³/mol. The summed E-state index contributed by atoms with van der Waals surface area (Å²) in [5, 5.41) is 0. The molecule has 1 atom stereocenters. The van der Waals surface area contributed by atoms with Crippen molar-refractivity contribution in [3.05, 3.63) is 23.8 Å². The van der Waals surface area contributed by atoms with Gasteiger partial charge in [0.25, 0.3) is 0 Å². The quantitative estimate of drug-likeness (QED) is 0.594. The van der Waals surface area contributed by atoms with E-state index < -0.39 is 0 Å². The van der Waals surface area contributed by atoms with Crippen molar-refractivity contribution < 1.29 is 0 Å². The van der Waals surface area contributed by atoms with Gasteiger partial charge in [-0.05, 0) is 19.3 Å². The van der Waals surface area contributed by atoms with E-state index in [1.807, 2.05) is 6.20 Å². The third-order valence-corrected chi connectivity index (χ3v) is 2.16. The highest BCUT2D eigenvalue weighted by atomic mass is 14.8. The van der Waals surface area contributed by atoms with Gasteiger partial charge in [-0.3, -0.25) is 0 Å². The minimum Gasteiger partial charge on any atom is -0.324 e. The highest BCUT2D eigenvalue weighted by molar-refractivity contribution is 5.22. The Balaban J connectivity index is 2.44. The normalized spacial score (nSPS) is 22.8. The van der Waals surface area contributed by atoms with E-state index in [-0.39, 0.29) is 6.04 Å². The highest BCUT2D eigenvalue weighted by Gasteiger charge is 2.16. The van der Waals surface area contributed by atoms with Gasteiger partial charge in [-0.25, -0.2) is 9.97 Å². The van der Waals surface area contributed by atoms with Crippen LogP contribution >= 0.6 is 0 Å². The van der Waals surface area contributed by atoms with Crippen LogP contribution in [-0.2, 0) is 6.42 Å². The average molecular weight is 149 g/mol. The van der Waals surface area contributed by atoms with Crippen LogP contribution in [0.25, 0.3) is 0 Å². The molecule has 1 aromatic rings. The predicted octanol–water partition coefficient (Wildman–Crippen LogP) is 0.813. The zero-order valence-corrected chi connectivity index (χ0v) is 6.33. The Labute approximate surface area is 65.7 Å². The minimum atomic E-state index is 0.167. The van der Waals surface area contributed by atoms with E-state index in [0.717, 1.165) is 30.5 Å². The number of rotatable bonds is 0. The molecule has 58 valence electrons. The van der Waals surface area contributed by atoms with Gasteiger partial charge in [-0.15, -0.1) is 0 Å². The lowest BCUT2D eigenvalue weighted by molar-refractivity contribution is 0.556. The van der Waals surface area contributed by atoms with Gasteiger partial charge in [0.05, 0.1) is 0 Å². The summed E-state index contributed by atoms with van der Waals surface area (Å²) in [5.74, 6) is 0. The van der Waals surface area contributed by atoms with Crippen LogP contribution in [-0.4, -0.2) is 9.97 Å². The Morgan fingerprint density at radius 1 is 1.55 bits per heavy atom. The van der Waals surface area contributed by atoms with Gasteiger partial charge >= 0.3 is 0 Å². The molecule has 3 heteroatoms. The number of nitrogens with two attached hydrogens (primary N) is 1. The monoisotopic (exact) mass is 149 g/mol. The second-order valence-electron chi connectivity index (χ2n) is 2.92. The molecule has 0 bridgehead atoms. The van der Waals surface area contributed by atoms with Crippen molar-refractivity contribution in [1.29, 1.82) is 0 Å². The SMILES string of the molecule is NC1CCCc2ncncc21. The molecule has 0 aromatic carbocycles. The highest BCUT2D eigenvalue weighted by Crippen LogP contribution is 2.24. The topological polar surface area (TPSA) is 51.8 Å². The molecule has 0 spiro atoms. The van der Waals surface area contributed by atoms with Gasteiger partial charge in [0.15, 0.2) is 0 Å². The van der Waals surface area contributed by atoms with Gasteiger partial charge in [0.2, 0.25) is 0 Å². The van der Waals surface area contributed by atoms with Crippen LogP contribution < -0.4 is 5.73 Å². The Kier molecular flexibility index (Phi) is 1.58. The molecule has 0 saturated heterocycles. The van der Waals surface area contributed by atoms with Crippen molar-refractivity contribution >= 4 is 0 Å². The molecule has 0 saturated carbocycles. The number of aryl methyl sites for hydroxylation is 1. The Morgan fingerprint density at radius 2 is 2.45 bits per heavy atom. The molecule has 0 fully saturated rings. The van der Waals surface area contributed by atoms with Crippen LogP contribution in [0.1, 0.15) is 30.1 Å². The van der Waals surface area contributed by atoms with Crippen molar-refractivity contribution in [2.45, 2.75) is 25.3 Å².